The Balaban J connectivity index is 1.94. The Labute approximate surface area is 141 Å². The van der Waals surface area contributed by atoms with Crippen molar-refractivity contribution in [2.75, 3.05) is 20.1 Å². The van der Waals surface area contributed by atoms with Gasteiger partial charge >= 0.3 is 0 Å². The van der Waals surface area contributed by atoms with Crippen LogP contribution in [0.25, 0.3) is 0 Å². The predicted octanol–water partition coefficient (Wildman–Crippen LogP) is 3.36. The number of carbonyl (C=O) groups is 1. The Kier molecular flexibility index (Phi) is 6.36. The first kappa shape index (κ1) is 17.4. The molecule has 1 fully saturated rings. The van der Waals surface area contributed by atoms with Crippen LogP contribution in [0.4, 0.5) is 0 Å². The lowest BCUT2D eigenvalue weighted by Crippen LogP contribution is -2.47. The third-order valence-corrected chi connectivity index (χ3v) is 4.42. The zero-order chi connectivity index (χ0) is 16.1. The van der Waals surface area contributed by atoms with Gasteiger partial charge in [0.25, 0.3) is 5.91 Å². The lowest BCUT2D eigenvalue weighted by atomic mass is 10.1. The summed E-state index contributed by atoms with van der Waals surface area (Å²) in [6, 6.07) is 5.22. The van der Waals surface area contributed by atoms with E-state index in [1.165, 1.54) is 0 Å². The molecule has 1 aliphatic heterocycles. The number of hydrogen-bond donors (Lipinski definition) is 1. The Bertz CT molecular complexity index is 517. The van der Waals surface area contributed by atoms with Crippen molar-refractivity contribution in [1.29, 1.82) is 0 Å². The molecule has 122 valence electrons. The summed E-state index contributed by atoms with van der Waals surface area (Å²) in [6.45, 7) is 3.93. The Morgan fingerprint density at radius 1 is 1.41 bits per heavy atom. The molecule has 0 spiro atoms. The molecule has 1 saturated heterocycles. The fraction of sp³-hybridized carbons (Fsp3) is 0.562. The number of ether oxygens (including phenoxy) is 1. The molecule has 1 aliphatic rings. The fourth-order valence-corrected chi connectivity index (χ4v) is 2.95. The van der Waals surface area contributed by atoms with Crippen LogP contribution in [0.15, 0.2) is 18.2 Å². The minimum Gasteiger partial charge on any atom is -0.479 e. The van der Waals surface area contributed by atoms with Crippen molar-refractivity contribution in [2.45, 2.75) is 38.3 Å². The molecule has 1 amide bonds. The summed E-state index contributed by atoms with van der Waals surface area (Å²) in [6.07, 6.45) is 1.98. The second-order valence-electron chi connectivity index (χ2n) is 5.68. The van der Waals surface area contributed by atoms with Crippen molar-refractivity contribution < 1.29 is 9.53 Å². The zero-order valence-electron chi connectivity index (χ0n) is 12.9. The van der Waals surface area contributed by atoms with Crippen LogP contribution in [0.5, 0.6) is 5.75 Å². The molecule has 1 N–H and O–H groups in total. The number of nitrogens with one attached hydrogen (secondary N) is 1. The number of likely N-dealkylation sites (tertiary alicyclic amines) is 1. The molecule has 0 radical (unpaired) electrons. The molecule has 1 aromatic rings. The van der Waals surface area contributed by atoms with Gasteiger partial charge in [0.2, 0.25) is 0 Å². The van der Waals surface area contributed by atoms with E-state index in [0.717, 1.165) is 25.9 Å². The maximum Gasteiger partial charge on any atom is 0.261 e. The molecule has 6 heteroatoms. The maximum atomic E-state index is 12.4. The highest BCUT2D eigenvalue weighted by Gasteiger charge is 2.24. The monoisotopic (exact) mass is 344 g/mol. The number of rotatable bonds is 5. The van der Waals surface area contributed by atoms with Gasteiger partial charge in [0.05, 0.1) is 5.02 Å². The smallest absolute Gasteiger partial charge is 0.261 e. The molecule has 4 nitrogen and oxygen atoms in total. The summed E-state index contributed by atoms with van der Waals surface area (Å²) in [5.41, 5.74) is 0. The van der Waals surface area contributed by atoms with Crippen LogP contribution in [0.1, 0.15) is 26.2 Å². The van der Waals surface area contributed by atoms with E-state index in [-0.39, 0.29) is 11.9 Å². The van der Waals surface area contributed by atoms with Crippen molar-refractivity contribution in [1.82, 2.24) is 10.2 Å². The lowest BCUT2D eigenvalue weighted by Gasteiger charge is -2.30. The highest BCUT2D eigenvalue weighted by molar-refractivity contribution is 6.35. The topological polar surface area (TPSA) is 41.6 Å². The predicted molar refractivity (Wildman–Crippen MR) is 89.8 cm³/mol. The van der Waals surface area contributed by atoms with Gasteiger partial charge in [0.1, 0.15) is 5.75 Å². The van der Waals surface area contributed by atoms with Crippen molar-refractivity contribution in [3.8, 4) is 5.75 Å². The van der Waals surface area contributed by atoms with Gasteiger partial charge < -0.3 is 15.0 Å². The molecule has 1 heterocycles. The van der Waals surface area contributed by atoms with E-state index in [0.29, 0.717) is 22.2 Å². The Morgan fingerprint density at radius 2 is 2.09 bits per heavy atom. The third-order valence-electron chi connectivity index (χ3n) is 3.89. The standard InChI is InChI=1S/C16H22Cl2N2O2/c1-3-14(22-15-5-4-11(17)10-13(15)18)16(21)19-12-6-8-20(2)9-7-12/h4-5,10,12,14H,3,6-9H2,1-2H3,(H,19,21). The van der Waals surface area contributed by atoms with E-state index in [4.69, 9.17) is 27.9 Å². The number of carbonyl (C=O) groups excluding carboxylic acids is 1. The minimum atomic E-state index is -0.543. The van der Waals surface area contributed by atoms with Crippen molar-refractivity contribution >= 4 is 29.1 Å². The molecular weight excluding hydrogens is 323 g/mol. The summed E-state index contributed by atoms with van der Waals surface area (Å²) in [5, 5.41) is 4.04. The molecule has 0 bridgehead atoms. The van der Waals surface area contributed by atoms with E-state index in [1.54, 1.807) is 18.2 Å². The van der Waals surface area contributed by atoms with Gasteiger partial charge in [-0.1, -0.05) is 30.1 Å². The number of amides is 1. The Hall–Kier alpha value is -0.970. The van der Waals surface area contributed by atoms with E-state index in [2.05, 4.69) is 17.3 Å². The highest BCUT2D eigenvalue weighted by Crippen LogP contribution is 2.28. The molecule has 2 rings (SSSR count). The first-order valence-electron chi connectivity index (χ1n) is 7.60. The fourth-order valence-electron chi connectivity index (χ4n) is 2.49. The molecular formula is C16H22Cl2N2O2. The van der Waals surface area contributed by atoms with Crippen molar-refractivity contribution in [3.63, 3.8) is 0 Å². The van der Waals surface area contributed by atoms with Crippen LogP contribution < -0.4 is 10.1 Å². The zero-order valence-corrected chi connectivity index (χ0v) is 14.5. The van der Waals surface area contributed by atoms with E-state index >= 15 is 0 Å². The van der Waals surface area contributed by atoms with Gasteiger partial charge in [0.15, 0.2) is 6.10 Å². The molecule has 1 aromatic carbocycles. The van der Waals surface area contributed by atoms with E-state index in [1.807, 2.05) is 6.92 Å². The number of benzene rings is 1. The average Bonchev–Trinajstić information content (AvgIpc) is 2.49. The Morgan fingerprint density at radius 3 is 2.68 bits per heavy atom. The number of hydrogen-bond acceptors (Lipinski definition) is 3. The van der Waals surface area contributed by atoms with Crippen LogP contribution >= 0.6 is 23.2 Å². The molecule has 1 unspecified atom stereocenters. The van der Waals surface area contributed by atoms with Crippen LogP contribution in [0, 0.1) is 0 Å². The molecule has 22 heavy (non-hydrogen) atoms. The summed E-state index contributed by atoms with van der Waals surface area (Å²) >= 11 is 12.0. The average molecular weight is 345 g/mol. The summed E-state index contributed by atoms with van der Waals surface area (Å²) < 4.78 is 5.76. The number of halogens is 2. The molecule has 0 aromatic heterocycles. The summed E-state index contributed by atoms with van der Waals surface area (Å²) in [7, 11) is 2.10. The quantitative estimate of drug-likeness (QED) is 0.890. The van der Waals surface area contributed by atoms with Gasteiger partial charge in [-0.2, -0.15) is 0 Å². The van der Waals surface area contributed by atoms with Crippen LogP contribution in [-0.2, 0) is 4.79 Å². The van der Waals surface area contributed by atoms with Gasteiger partial charge in [0, 0.05) is 11.1 Å². The van der Waals surface area contributed by atoms with Crippen molar-refractivity contribution in [3.05, 3.63) is 28.2 Å². The van der Waals surface area contributed by atoms with E-state index in [9.17, 15) is 4.79 Å². The number of piperidine rings is 1. The summed E-state index contributed by atoms with van der Waals surface area (Å²) in [5.74, 6) is 0.402. The highest BCUT2D eigenvalue weighted by atomic mass is 35.5. The second kappa shape index (κ2) is 8.04. The molecule has 0 saturated carbocycles. The molecule has 1 atom stereocenters. The van der Waals surface area contributed by atoms with Crippen LogP contribution in [0.2, 0.25) is 10.0 Å². The largest absolute Gasteiger partial charge is 0.479 e. The number of nitrogens with zero attached hydrogens (tertiary/aromatic N) is 1. The van der Waals surface area contributed by atoms with Crippen LogP contribution in [-0.4, -0.2) is 43.1 Å². The first-order valence-corrected chi connectivity index (χ1v) is 8.35. The summed E-state index contributed by atoms with van der Waals surface area (Å²) in [4.78, 5) is 14.7. The van der Waals surface area contributed by atoms with Gasteiger partial charge in [-0.15, -0.1) is 0 Å². The first-order chi connectivity index (χ1) is 10.5. The van der Waals surface area contributed by atoms with Gasteiger partial charge in [-0.3, -0.25) is 4.79 Å². The minimum absolute atomic E-state index is 0.0805. The third kappa shape index (κ3) is 4.77. The van der Waals surface area contributed by atoms with E-state index < -0.39 is 6.10 Å². The second-order valence-corrected chi connectivity index (χ2v) is 6.52. The normalized spacial score (nSPS) is 18.0. The van der Waals surface area contributed by atoms with Crippen LogP contribution in [0.3, 0.4) is 0 Å². The van der Waals surface area contributed by atoms with Crippen molar-refractivity contribution in [2.24, 2.45) is 0 Å². The SMILES string of the molecule is CCC(Oc1ccc(Cl)cc1Cl)C(=O)NC1CCN(C)CC1. The maximum absolute atomic E-state index is 12.4. The van der Waals surface area contributed by atoms with Gasteiger partial charge in [-0.25, -0.2) is 0 Å². The molecule has 0 aliphatic carbocycles. The lowest BCUT2D eigenvalue weighted by molar-refractivity contribution is -0.129. The van der Waals surface area contributed by atoms with Gasteiger partial charge in [-0.05, 0) is 57.6 Å².